The third-order valence-electron chi connectivity index (χ3n) is 4.03. The molecule has 1 aromatic heterocycles. The maximum absolute atomic E-state index is 12.3. The number of thiophene rings is 1. The lowest BCUT2D eigenvalue weighted by Crippen LogP contribution is -2.51. The number of nitrogens with zero attached hydrogens (tertiary/aromatic N) is 1. The Hall–Kier alpha value is -1.56. The molecule has 2 atom stereocenters. The van der Waals surface area contributed by atoms with E-state index in [1.54, 1.807) is 23.2 Å². The zero-order valence-electron chi connectivity index (χ0n) is 12.7. The van der Waals surface area contributed by atoms with Gasteiger partial charge in [0.25, 0.3) is 0 Å². The van der Waals surface area contributed by atoms with Crippen LogP contribution in [0.3, 0.4) is 0 Å². The highest BCUT2D eigenvalue weighted by atomic mass is 32.1. The fourth-order valence-corrected chi connectivity index (χ4v) is 3.50. The third-order valence-corrected chi connectivity index (χ3v) is 5.21. The zero-order valence-corrected chi connectivity index (χ0v) is 13.5. The van der Waals surface area contributed by atoms with Crippen LogP contribution in [0.2, 0.25) is 0 Å². The van der Waals surface area contributed by atoms with Crippen LogP contribution in [0.4, 0.5) is 4.79 Å². The second-order valence-corrected chi connectivity index (χ2v) is 7.33. The number of hydrogen-bond acceptors (Lipinski definition) is 3. The molecule has 1 aliphatic heterocycles. The standard InChI is InChI=1S/C15H22N2O3S/c1-10-5-6-12(21-10)11(2)16-14(20)17-8-4-7-15(3,9-17)13(18)19/h5-6,11H,4,7-9H2,1-3H3,(H,16,20)(H,18,19). The van der Waals surface area contributed by atoms with Gasteiger partial charge in [-0.05, 0) is 45.7 Å². The molecule has 2 unspecified atom stereocenters. The monoisotopic (exact) mass is 310 g/mol. The number of likely N-dealkylation sites (tertiary alicyclic amines) is 1. The number of rotatable bonds is 3. The van der Waals surface area contributed by atoms with Crippen LogP contribution in [0.1, 0.15) is 42.5 Å². The van der Waals surface area contributed by atoms with Gasteiger partial charge in [0, 0.05) is 22.8 Å². The maximum Gasteiger partial charge on any atom is 0.317 e. The molecule has 0 bridgehead atoms. The summed E-state index contributed by atoms with van der Waals surface area (Å²) in [4.78, 5) is 27.6. The molecule has 0 aromatic carbocycles. The molecule has 0 radical (unpaired) electrons. The van der Waals surface area contributed by atoms with Crippen molar-refractivity contribution in [3.05, 3.63) is 21.9 Å². The van der Waals surface area contributed by atoms with E-state index in [0.717, 1.165) is 11.3 Å². The molecule has 0 aliphatic carbocycles. The summed E-state index contributed by atoms with van der Waals surface area (Å²) >= 11 is 1.66. The Labute approximate surface area is 129 Å². The fourth-order valence-electron chi connectivity index (χ4n) is 2.62. The molecule has 0 spiro atoms. The lowest BCUT2D eigenvalue weighted by atomic mass is 9.82. The summed E-state index contributed by atoms with van der Waals surface area (Å²) in [5.74, 6) is -0.832. The number of carboxylic acids is 1. The van der Waals surface area contributed by atoms with Gasteiger partial charge in [-0.25, -0.2) is 4.79 Å². The summed E-state index contributed by atoms with van der Waals surface area (Å²) in [5.41, 5.74) is -0.835. The van der Waals surface area contributed by atoms with Crippen LogP contribution in [0, 0.1) is 12.3 Å². The Morgan fingerprint density at radius 2 is 2.19 bits per heavy atom. The van der Waals surface area contributed by atoms with Gasteiger partial charge in [-0.3, -0.25) is 4.79 Å². The number of carbonyl (C=O) groups is 2. The van der Waals surface area contributed by atoms with Gasteiger partial charge >= 0.3 is 12.0 Å². The SMILES string of the molecule is Cc1ccc(C(C)NC(=O)N2CCCC(C)(C(=O)O)C2)s1. The van der Waals surface area contributed by atoms with Crippen molar-refractivity contribution in [2.75, 3.05) is 13.1 Å². The number of nitrogens with one attached hydrogen (secondary N) is 1. The Kier molecular flexibility index (Phi) is 4.56. The largest absolute Gasteiger partial charge is 0.481 e. The van der Waals surface area contributed by atoms with E-state index in [2.05, 4.69) is 5.32 Å². The van der Waals surface area contributed by atoms with Crippen molar-refractivity contribution in [1.29, 1.82) is 0 Å². The van der Waals surface area contributed by atoms with Crippen molar-refractivity contribution >= 4 is 23.3 Å². The second-order valence-electron chi connectivity index (χ2n) is 6.01. The highest BCUT2D eigenvalue weighted by molar-refractivity contribution is 7.12. The number of carbonyl (C=O) groups excluding carboxylic acids is 1. The lowest BCUT2D eigenvalue weighted by Gasteiger charge is -2.37. The van der Waals surface area contributed by atoms with Crippen LogP contribution in [0.25, 0.3) is 0 Å². The molecular weight excluding hydrogens is 288 g/mol. The maximum atomic E-state index is 12.3. The summed E-state index contributed by atoms with van der Waals surface area (Å²) in [5, 5.41) is 12.3. The third kappa shape index (κ3) is 3.56. The first-order chi connectivity index (χ1) is 9.82. The van der Waals surface area contributed by atoms with Gasteiger partial charge < -0.3 is 15.3 Å². The van der Waals surface area contributed by atoms with Gasteiger partial charge in [0.05, 0.1) is 11.5 Å². The molecule has 6 heteroatoms. The van der Waals surface area contributed by atoms with Crippen molar-refractivity contribution in [3.8, 4) is 0 Å². The molecule has 2 N–H and O–H groups in total. The van der Waals surface area contributed by atoms with Crippen LogP contribution in [0.5, 0.6) is 0 Å². The van der Waals surface area contributed by atoms with Crippen LogP contribution in [-0.2, 0) is 4.79 Å². The van der Waals surface area contributed by atoms with Crippen molar-refractivity contribution in [3.63, 3.8) is 0 Å². The van der Waals surface area contributed by atoms with E-state index in [1.165, 1.54) is 4.88 Å². The summed E-state index contributed by atoms with van der Waals surface area (Å²) < 4.78 is 0. The van der Waals surface area contributed by atoms with Crippen LogP contribution >= 0.6 is 11.3 Å². The van der Waals surface area contributed by atoms with Crippen LogP contribution in [-0.4, -0.2) is 35.1 Å². The van der Waals surface area contributed by atoms with E-state index in [-0.39, 0.29) is 18.6 Å². The first-order valence-corrected chi connectivity index (χ1v) is 7.99. The Morgan fingerprint density at radius 1 is 1.48 bits per heavy atom. The normalized spacial score (nSPS) is 23.7. The molecule has 1 saturated heterocycles. The summed E-state index contributed by atoms with van der Waals surface area (Å²) in [6.07, 6.45) is 1.34. The number of carboxylic acid groups (broad SMARTS) is 1. The topological polar surface area (TPSA) is 69.6 Å². The van der Waals surface area contributed by atoms with Gasteiger partial charge in [-0.15, -0.1) is 11.3 Å². The minimum absolute atomic E-state index is 0.0609. The van der Waals surface area contributed by atoms with Gasteiger partial charge in [0.15, 0.2) is 0 Å². The quantitative estimate of drug-likeness (QED) is 0.901. The lowest BCUT2D eigenvalue weighted by molar-refractivity contribution is -0.150. The fraction of sp³-hybridized carbons (Fsp3) is 0.600. The number of urea groups is 1. The van der Waals surface area contributed by atoms with E-state index in [9.17, 15) is 14.7 Å². The van der Waals surface area contributed by atoms with E-state index in [1.807, 2.05) is 26.0 Å². The molecule has 2 amide bonds. The Bertz CT molecular complexity index is 543. The van der Waals surface area contributed by atoms with Gasteiger partial charge in [0.2, 0.25) is 0 Å². The first kappa shape index (κ1) is 15.8. The average Bonchev–Trinajstić information content (AvgIpc) is 2.85. The van der Waals surface area contributed by atoms with Gasteiger partial charge in [-0.2, -0.15) is 0 Å². The Balaban J connectivity index is 1.98. The number of hydrogen-bond donors (Lipinski definition) is 2. The molecule has 21 heavy (non-hydrogen) atoms. The molecule has 2 rings (SSSR count). The Morgan fingerprint density at radius 3 is 2.76 bits per heavy atom. The van der Waals surface area contributed by atoms with Gasteiger partial charge in [0.1, 0.15) is 0 Å². The minimum atomic E-state index is -0.835. The highest BCUT2D eigenvalue weighted by Gasteiger charge is 2.39. The van der Waals surface area contributed by atoms with E-state index < -0.39 is 11.4 Å². The predicted molar refractivity (Wildman–Crippen MR) is 82.6 cm³/mol. The molecule has 5 nitrogen and oxygen atoms in total. The molecular formula is C15H22N2O3S. The van der Waals surface area contributed by atoms with Gasteiger partial charge in [-0.1, -0.05) is 0 Å². The number of piperidine rings is 1. The van der Waals surface area contributed by atoms with E-state index in [4.69, 9.17) is 0 Å². The van der Waals surface area contributed by atoms with Crippen LogP contribution < -0.4 is 5.32 Å². The smallest absolute Gasteiger partial charge is 0.317 e. The van der Waals surface area contributed by atoms with E-state index >= 15 is 0 Å². The van der Waals surface area contributed by atoms with Crippen molar-refractivity contribution in [2.45, 2.75) is 39.7 Å². The number of aryl methyl sites for hydroxylation is 1. The minimum Gasteiger partial charge on any atom is -0.481 e. The molecule has 2 heterocycles. The van der Waals surface area contributed by atoms with Crippen molar-refractivity contribution < 1.29 is 14.7 Å². The first-order valence-electron chi connectivity index (χ1n) is 7.17. The second kappa shape index (κ2) is 6.05. The van der Waals surface area contributed by atoms with Crippen LogP contribution in [0.15, 0.2) is 12.1 Å². The molecule has 0 saturated carbocycles. The zero-order chi connectivity index (χ0) is 15.6. The van der Waals surface area contributed by atoms with Crippen molar-refractivity contribution in [1.82, 2.24) is 10.2 Å². The molecule has 1 fully saturated rings. The molecule has 116 valence electrons. The highest BCUT2D eigenvalue weighted by Crippen LogP contribution is 2.30. The van der Waals surface area contributed by atoms with E-state index in [0.29, 0.717) is 13.0 Å². The molecule has 1 aliphatic rings. The average molecular weight is 310 g/mol. The predicted octanol–water partition coefficient (Wildman–Crippen LogP) is 3.01. The summed E-state index contributed by atoms with van der Waals surface area (Å²) in [7, 11) is 0. The number of amides is 2. The summed E-state index contributed by atoms with van der Waals surface area (Å²) in [6.45, 7) is 6.57. The van der Waals surface area contributed by atoms with Crippen molar-refractivity contribution in [2.24, 2.45) is 5.41 Å². The molecule has 1 aromatic rings. The number of aliphatic carboxylic acids is 1. The summed E-state index contributed by atoms with van der Waals surface area (Å²) in [6, 6.07) is 3.81.